The quantitative estimate of drug-likeness (QED) is 0.556. The molecule has 1 saturated carbocycles. The maximum Gasteiger partial charge on any atom is 0.414 e. The topological polar surface area (TPSA) is 45.7 Å². The molecular formula is C26H35N3O2S. The number of hydrogen-bond acceptors (Lipinski definition) is 5. The molecule has 32 heavy (non-hydrogen) atoms. The maximum atomic E-state index is 13.0. The molecule has 0 spiro atoms. The Kier molecular flexibility index (Phi) is 5.37. The first kappa shape index (κ1) is 21.9. The Hall–Kier alpha value is -1.92. The van der Waals surface area contributed by atoms with E-state index in [2.05, 4.69) is 43.1 Å². The lowest BCUT2D eigenvalue weighted by Crippen LogP contribution is -2.54. The van der Waals surface area contributed by atoms with Crippen LogP contribution in [0.25, 0.3) is 15.9 Å². The zero-order valence-corrected chi connectivity index (χ0v) is 20.8. The van der Waals surface area contributed by atoms with Gasteiger partial charge in [-0.25, -0.2) is 9.78 Å². The minimum absolute atomic E-state index is 0.218. The summed E-state index contributed by atoms with van der Waals surface area (Å²) in [5.41, 5.74) is 2.76. The lowest BCUT2D eigenvalue weighted by atomic mass is 9.68. The van der Waals surface area contributed by atoms with Crippen LogP contribution in [0.4, 0.5) is 4.79 Å². The van der Waals surface area contributed by atoms with Crippen molar-refractivity contribution in [2.75, 3.05) is 20.1 Å². The number of ether oxygens (including phenoxy) is 1. The van der Waals surface area contributed by atoms with Crippen LogP contribution in [0, 0.1) is 5.92 Å². The highest BCUT2D eigenvalue weighted by Gasteiger charge is 2.46. The van der Waals surface area contributed by atoms with E-state index in [1.54, 1.807) is 0 Å². The summed E-state index contributed by atoms with van der Waals surface area (Å²) in [6.07, 6.45) is 7.96. The molecule has 1 aromatic heterocycles. The van der Waals surface area contributed by atoms with E-state index in [9.17, 15) is 4.79 Å². The standard InChI is InChI=1S/C26H35N3O2S/c1-17-6-8-21(29(15-17)24(30)31-25(2,3)4)18-7-9-22-20(14-18)27-23(32-22)26-12-10-19(11-13-26)28(5)16-26/h7-9,14,17,19H,6,10-13,15-16H2,1-5H3. The van der Waals surface area contributed by atoms with Gasteiger partial charge in [-0.1, -0.05) is 19.1 Å². The summed E-state index contributed by atoms with van der Waals surface area (Å²) in [4.78, 5) is 22.5. The van der Waals surface area contributed by atoms with Crippen LogP contribution in [0.3, 0.4) is 0 Å². The molecule has 0 N–H and O–H groups in total. The molecule has 1 atom stereocenters. The van der Waals surface area contributed by atoms with Crippen LogP contribution < -0.4 is 0 Å². The minimum Gasteiger partial charge on any atom is -0.443 e. The number of likely N-dealkylation sites (N-methyl/N-ethyl adjacent to an activating group) is 1. The smallest absolute Gasteiger partial charge is 0.414 e. The molecule has 1 aliphatic carbocycles. The molecule has 4 aliphatic rings. The van der Waals surface area contributed by atoms with Crippen molar-refractivity contribution >= 4 is 33.3 Å². The van der Waals surface area contributed by atoms with Crippen LogP contribution in [0.5, 0.6) is 0 Å². The third-order valence-electron chi connectivity index (χ3n) is 7.34. The Labute approximate surface area is 195 Å². The summed E-state index contributed by atoms with van der Waals surface area (Å²) in [5, 5.41) is 1.30. The SMILES string of the molecule is CC1CC=C(c2ccc3sc(C45CCC(CC4)N(C)C5)nc3c2)N(C(=O)OC(C)(C)C)C1. The van der Waals surface area contributed by atoms with Gasteiger partial charge < -0.3 is 9.64 Å². The van der Waals surface area contributed by atoms with Crippen LogP contribution >= 0.6 is 11.3 Å². The highest BCUT2D eigenvalue weighted by molar-refractivity contribution is 7.18. The lowest BCUT2D eigenvalue weighted by molar-refractivity contribution is 0.0327. The molecule has 6 heteroatoms. The molecule has 0 radical (unpaired) electrons. The van der Waals surface area contributed by atoms with Crippen molar-refractivity contribution < 1.29 is 9.53 Å². The van der Waals surface area contributed by atoms with E-state index in [0.29, 0.717) is 12.5 Å². The van der Waals surface area contributed by atoms with E-state index in [0.717, 1.165) is 35.8 Å². The van der Waals surface area contributed by atoms with Gasteiger partial charge in [0.1, 0.15) is 10.6 Å². The van der Waals surface area contributed by atoms with Crippen LogP contribution in [-0.2, 0) is 10.2 Å². The first-order valence-electron chi connectivity index (χ1n) is 12.0. The second-order valence-corrected chi connectivity index (χ2v) is 12.2. The Morgan fingerprint density at radius 2 is 2.00 bits per heavy atom. The van der Waals surface area contributed by atoms with Gasteiger partial charge in [0.05, 0.1) is 15.9 Å². The molecule has 2 bridgehead atoms. The Morgan fingerprint density at radius 1 is 1.25 bits per heavy atom. The number of piperidine rings is 2. The number of fused-ring (bicyclic) bond motifs is 4. The fourth-order valence-corrected chi connectivity index (χ4v) is 6.81. The summed E-state index contributed by atoms with van der Waals surface area (Å²) in [6.45, 7) is 9.73. The second kappa shape index (κ2) is 7.84. The number of carbonyl (C=O) groups excluding carboxylic acids is 1. The number of carbonyl (C=O) groups is 1. The fourth-order valence-electron chi connectivity index (χ4n) is 5.63. The number of thiazole rings is 1. The second-order valence-electron chi connectivity index (χ2n) is 11.1. The van der Waals surface area contributed by atoms with Gasteiger partial charge in [-0.05, 0) is 78.0 Å². The van der Waals surface area contributed by atoms with Gasteiger partial charge in [-0.3, -0.25) is 4.90 Å². The van der Waals surface area contributed by atoms with Crippen molar-refractivity contribution in [3.63, 3.8) is 0 Å². The zero-order valence-electron chi connectivity index (χ0n) is 20.0. The van der Waals surface area contributed by atoms with Crippen LogP contribution in [0.2, 0.25) is 0 Å². The van der Waals surface area contributed by atoms with E-state index in [1.807, 2.05) is 37.0 Å². The van der Waals surface area contributed by atoms with Gasteiger partial charge in [-0.2, -0.15) is 0 Å². The largest absolute Gasteiger partial charge is 0.443 e. The van der Waals surface area contributed by atoms with Crippen LogP contribution in [0.15, 0.2) is 24.3 Å². The minimum atomic E-state index is -0.512. The number of rotatable bonds is 2. The molecule has 4 heterocycles. The Bertz CT molecular complexity index is 1060. The predicted molar refractivity (Wildman–Crippen MR) is 131 cm³/mol. The predicted octanol–water partition coefficient (Wildman–Crippen LogP) is 6.04. The lowest BCUT2D eigenvalue weighted by Gasteiger charge is -2.50. The number of benzene rings is 1. The molecule has 172 valence electrons. The Morgan fingerprint density at radius 3 is 2.69 bits per heavy atom. The van der Waals surface area contributed by atoms with E-state index < -0.39 is 5.60 Å². The third-order valence-corrected chi connectivity index (χ3v) is 8.62. The number of amides is 1. The number of hydrogen-bond donors (Lipinski definition) is 0. The highest BCUT2D eigenvalue weighted by atomic mass is 32.1. The third kappa shape index (κ3) is 3.96. The molecule has 3 fully saturated rings. The molecule has 2 saturated heterocycles. The number of aromatic nitrogens is 1. The number of nitrogens with zero attached hydrogens (tertiary/aromatic N) is 3. The summed E-state index contributed by atoms with van der Waals surface area (Å²) >= 11 is 1.86. The van der Waals surface area contributed by atoms with E-state index in [-0.39, 0.29) is 11.5 Å². The van der Waals surface area contributed by atoms with E-state index in [4.69, 9.17) is 9.72 Å². The average Bonchev–Trinajstić information content (AvgIpc) is 3.17. The maximum absolute atomic E-state index is 13.0. The van der Waals surface area contributed by atoms with Crippen LogP contribution in [0.1, 0.15) is 70.4 Å². The molecule has 1 aromatic carbocycles. The first-order valence-corrected chi connectivity index (χ1v) is 12.8. The van der Waals surface area contributed by atoms with Gasteiger partial charge in [0, 0.05) is 30.1 Å². The van der Waals surface area contributed by atoms with Crippen molar-refractivity contribution in [1.29, 1.82) is 0 Å². The number of allylic oxidation sites excluding steroid dienone is 1. The summed E-state index contributed by atoms with van der Waals surface area (Å²) < 4.78 is 6.96. The van der Waals surface area contributed by atoms with Gasteiger partial charge in [-0.15, -0.1) is 11.3 Å². The van der Waals surface area contributed by atoms with Crippen LogP contribution in [-0.4, -0.2) is 52.7 Å². The van der Waals surface area contributed by atoms with Crippen molar-refractivity contribution in [3.8, 4) is 0 Å². The fraction of sp³-hybridized carbons (Fsp3) is 0.615. The Balaban J connectivity index is 1.47. The van der Waals surface area contributed by atoms with Crippen molar-refractivity contribution in [2.45, 2.75) is 76.9 Å². The van der Waals surface area contributed by atoms with Gasteiger partial charge in [0.2, 0.25) is 0 Å². The average molecular weight is 454 g/mol. The van der Waals surface area contributed by atoms with E-state index >= 15 is 0 Å². The van der Waals surface area contributed by atoms with Crippen molar-refractivity contribution in [2.24, 2.45) is 5.92 Å². The summed E-state index contributed by atoms with van der Waals surface area (Å²) in [5.74, 6) is 0.415. The first-order chi connectivity index (χ1) is 15.1. The molecule has 6 rings (SSSR count). The molecule has 1 amide bonds. The summed E-state index contributed by atoms with van der Waals surface area (Å²) in [7, 11) is 2.27. The van der Waals surface area contributed by atoms with Crippen molar-refractivity contribution in [1.82, 2.24) is 14.8 Å². The molecule has 1 unspecified atom stereocenters. The normalized spacial score (nSPS) is 28.8. The highest BCUT2D eigenvalue weighted by Crippen LogP contribution is 2.48. The van der Waals surface area contributed by atoms with Gasteiger partial charge in [0.15, 0.2) is 0 Å². The van der Waals surface area contributed by atoms with Gasteiger partial charge >= 0.3 is 6.09 Å². The molecule has 5 nitrogen and oxygen atoms in total. The monoisotopic (exact) mass is 453 g/mol. The molecule has 2 aromatic rings. The molecule has 3 aliphatic heterocycles. The van der Waals surface area contributed by atoms with E-state index in [1.165, 1.54) is 35.4 Å². The molecular weight excluding hydrogens is 418 g/mol. The van der Waals surface area contributed by atoms with Gasteiger partial charge in [0.25, 0.3) is 0 Å². The van der Waals surface area contributed by atoms with Crippen molar-refractivity contribution in [3.05, 3.63) is 34.8 Å². The summed E-state index contributed by atoms with van der Waals surface area (Å²) in [6, 6.07) is 7.26. The zero-order chi connectivity index (χ0) is 22.7.